The van der Waals surface area contributed by atoms with Gasteiger partial charge >= 0.3 is 0 Å². The molecule has 5 heteroatoms. The Hall–Kier alpha value is -1.39. The van der Waals surface area contributed by atoms with E-state index in [0.717, 1.165) is 31.9 Å². The maximum absolute atomic E-state index is 4.58. The van der Waals surface area contributed by atoms with E-state index in [0.29, 0.717) is 11.9 Å². The van der Waals surface area contributed by atoms with Gasteiger partial charge in [0.1, 0.15) is 0 Å². The Kier molecular flexibility index (Phi) is 5.36. The van der Waals surface area contributed by atoms with Crippen LogP contribution < -0.4 is 10.2 Å². The first-order valence-corrected chi connectivity index (χ1v) is 7.44. The van der Waals surface area contributed by atoms with E-state index in [4.69, 9.17) is 0 Å². The van der Waals surface area contributed by atoms with Crippen LogP contribution in [0.3, 0.4) is 0 Å². The Morgan fingerprint density at radius 3 is 2.63 bits per heavy atom. The Labute approximate surface area is 115 Å². The van der Waals surface area contributed by atoms with Crippen molar-refractivity contribution >= 4 is 11.8 Å². The van der Waals surface area contributed by atoms with Crippen molar-refractivity contribution in [2.75, 3.05) is 29.9 Å². The fraction of sp³-hybridized carbons (Fsp3) is 0.786. The molecular weight excluding hydrogens is 238 g/mol. The van der Waals surface area contributed by atoms with Crippen molar-refractivity contribution in [2.24, 2.45) is 5.92 Å². The zero-order chi connectivity index (χ0) is 13.5. The van der Waals surface area contributed by atoms with Gasteiger partial charge in [-0.15, -0.1) is 5.10 Å². The molecular formula is C14H25N5. The second kappa shape index (κ2) is 7.26. The van der Waals surface area contributed by atoms with Gasteiger partial charge in [0.05, 0.1) is 6.20 Å². The number of nitrogens with zero attached hydrogens (tertiary/aromatic N) is 4. The molecule has 1 saturated heterocycles. The fourth-order valence-corrected chi connectivity index (χ4v) is 2.29. The zero-order valence-corrected chi connectivity index (χ0v) is 12.1. The lowest BCUT2D eigenvalue weighted by Crippen LogP contribution is -2.25. The van der Waals surface area contributed by atoms with Gasteiger partial charge in [-0.25, -0.2) is 0 Å². The van der Waals surface area contributed by atoms with Gasteiger partial charge in [-0.05, 0) is 25.2 Å². The molecule has 0 aliphatic carbocycles. The van der Waals surface area contributed by atoms with Crippen LogP contribution in [-0.2, 0) is 0 Å². The van der Waals surface area contributed by atoms with E-state index in [2.05, 4.69) is 39.2 Å². The van der Waals surface area contributed by atoms with E-state index in [9.17, 15) is 0 Å². The predicted molar refractivity (Wildman–Crippen MR) is 78.5 cm³/mol. The highest BCUT2D eigenvalue weighted by molar-refractivity contribution is 5.40. The molecule has 1 aromatic heterocycles. The lowest BCUT2D eigenvalue weighted by molar-refractivity contribution is 0.605. The number of aromatic nitrogens is 3. The summed E-state index contributed by atoms with van der Waals surface area (Å²) in [5.74, 6) is 2.31. The topological polar surface area (TPSA) is 53.9 Å². The molecule has 1 fully saturated rings. The van der Waals surface area contributed by atoms with E-state index in [-0.39, 0.29) is 0 Å². The molecule has 0 unspecified atom stereocenters. The van der Waals surface area contributed by atoms with E-state index >= 15 is 0 Å². The quantitative estimate of drug-likeness (QED) is 0.885. The minimum Gasteiger partial charge on any atom is -0.355 e. The van der Waals surface area contributed by atoms with Gasteiger partial charge in [-0.2, -0.15) is 10.1 Å². The minimum absolute atomic E-state index is 0.655. The molecule has 19 heavy (non-hydrogen) atoms. The van der Waals surface area contributed by atoms with Crippen LogP contribution in [0.1, 0.15) is 46.0 Å². The molecule has 0 amide bonds. The Balaban J connectivity index is 1.93. The van der Waals surface area contributed by atoms with Crippen LogP contribution in [0.25, 0.3) is 0 Å². The van der Waals surface area contributed by atoms with Gasteiger partial charge in [0.2, 0.25) is 5.95 Å². The van der Waals surface area contributed by atoms with Gasteiger partial charge in [-0.1, -0.05) is 26.7 Å². The third-order valence-corrected chi connectivity index (χ3v) is 3.48. The van der Waals surface area contributed by atoms with Crippen molar-refractivity contribution < 1.29 is 0 Å². The van der Waals surface area contributed by atoms with Crippen molar-refractivity contribution in [2.45, 2.75) is 46.0 Å². The largest absolute Gasteiger partial charge is 0.355 e. The summed E-state index contributed by atoms with van der Waals surface area (Å²) in [7, 11) is 0. The van der Waals surface area contributed by atoms with Crippen LogP contribution in [0.2, 0.25) is 0 Å². The smallest absolute Gasteiger partial charge is 0.244 e. The second-order valence-electron chi connectivity index (χ2n) is 5.65. The highest BCUT2D eigenvalue weighted by atomic mass is 15.3. The van der Waals surface area contributed by atoms with Crippen LogP contribution in [-0.4, -0.2) is 34.8 Å². The molecule has 0 radical (unpaired) electrons. The number of hydrogen-bond acceptors (Lipinski definition) is 5. The summed E-state index contributed by atoms with van der Waals surface area (Å²) in [6.45, 7) is 7.51. The molecule has 1 aliphatic rings. The number of anilines is 2. The molecule has 1 aliphatic heterocycles. The minimum atomic E-state index is 0.655. The Morgan fingerprint density at radius 1 is 1.21 bits per heavy atom. The van der Waals surface area contributed by atoms with Gasteiger partial charge in [-0.3, -0.25) is 0 Å². The van der Waals surface area contributed by atoms with Crippen LogP contribution in [0, 0.1) is 5.92 Å². The fourth-order valence-electron chi connectivity index (χ4n) is 2.29. The van der Waals surface area contributed by atoms with E-state index in [1.807, 2.05) is 0 Å². The molecule has 2 rings (SSSR count). The number of hydrogen-bond donors (Lipinski definition) is 1. The van der Waals surface area contributed by atoms with Crippen molar-refractivity contribution in [3.63, 3.8) is 0 Å². The SMILES string of the molecule is CC(C)CCNc1nncc(N2CCCCCC2)n1. The number of rotatable bonds is 5. The summed E-state index contributed by atoms with van der Waals surface area (Å²) in [6, 6.07) is 0. The maximum atomic E-state index is 4.58. The monoisotopic (exact) mass is 263 g/mol. The molecule has 0 aromatic carbocycles. The average Bonchev–Trinajstić information content (AvgIpc) is 2.67. The molecule has 106 valence electrons. The highest BCUT2D eigenvalue weighted by Crippen LogP contribution is 2.17. The van der Waals surface area contributed by atoms with Crippen molar-refractivity contribution in [1.82, 2.24) is 15.2 Å². The normalized spacial score (nSPS) is 16.5. The maximum Gasteiger partial charge on any atom is 0.244 e. The third kappa shape index (κ3) is 4.65. The molecule has 1 aromatic rings. The summed E-state index contributed by atoms with van der Waals surface area (Å²) in [6.07, 6.45) is 8.06. The summed E-state index contributed by atoms with van der Waals surface area (Å²) in [4.78, 5) is 6.90. The first-order chi connectivity index (χ1) is 9.25. The first kappa shape index (κ1) is 14.0. The third-order valence-electron chi connectivity index (χ3n) is 3.48. The predicted octanol–water partition coefficient (Wildman–Crippen LogP) is 2.71. The molecule has 0 bridgehead atoms. The molecule has 0 saturated carbocycles. The Morgan fingerprint density at radius 2 is 1.95 bits per heavy atom. The highest BCUT2D eigenvalue weighted by Gasteiger charge is 2.12. The van der Waals surface area contributed by atoms with E-state index < -0.39 is 0 Å². The van der Waals surface area contributed by atoms with Gasteiger partial charge < -0.3 is 10.2 Å². The summed E-state index contributed by atoms with van der Waals surface area (Å²) >= 11 is 0. The number of nitrogens with one attached hydrogen (secondary N) is 1. The zero-order valence-electron chi connectivity index (χ0n) is 12.1. The van der Waals surface area contributed by atoms with Crippen LogP contribution in [0.5, 0.6) is 0 Å². The van der Waals surface area contributed by atoms with Crippen LogP contribution >= 0.6 is 0 Å². The van der Waals surface area contributed by atoms with Gasteiger partial charge in [0.15, 0.2) is 5.82 Å². The lowest BCUT2D eigenvalue weighted by atomic mass is 10.1. The lowest BCUT2D eigenvalue weighted by Gasteiger charge is -2.21. The van der Waals surface area contributed by atoms with Gasteiger partial charge in [0, 0.05) is 19.6 Å². The molecule has 1 N–H and O–H groups in total. The van der Waals surface area contributed by atoms with E-state index in [1.54, 1.807) is 6.20 Å². The van der Waals surface area contributed by atoms with Crippen molar-refractivity contribution in [3.8, 4) is 0 Å². The molecule has 0 atom stereocenters. The van der Waals surface area contributed by atoms with Crippen LogP contribution in [0.15, 0.2) is 6.20 Å². The van der Waals surface area contributed by atoms with Crippen molar-refractivity contribution in [1.29, 1.82) is 0 Å². The van der Waals surface area contributed by atoms with Crippen molar-refractivity contribution in [3.05, 3.63) is 6.20 Å². The summed E-state index contributed by atoms with van der Waals surface area (Å²) in [5.41, 5.74) is 0. The molecule has 2 heterocycles. The summed E-state index contributed by atoms with van der Waals surface area (Å²) in [5, 5.41) is 11.4. The molecule has 0 spiro atoms. The average molecular weight is 263 g/mol. The van der Waals surface area contributed by atoms with Crippen LogP contribution in [0.4, 0.5) is 11.8 Å². The van der Waals surface area contributed by atoms with Gasteiger partial charge in [0.25, 0.3) is 0 Å². The summed E-state index contributed by atoms with van der Waals surface area (Å²) < 4.78 is 0. The van der Waals surface area contributed by atoms with E-state index in [1.165, 1.54) is 25.7 Å². The molecule has 5 nitrogen and oxygen atoms in total. The first-order valence-electron chi connectivity index (χ1n) is 7.44. The second-order valence-corrected chi connectivity index (χ2v) is 5.65. The Bertz CT molecular complexity index is 372. The standard InChI is InChI=1S/C14H25N5/c1-12(2)7-8-15-14-17-13(11-16-18-14)19-9-5-3-4-6-10-19/h11-12H,3-10H2,1-2H3,(H,15,17,18).